The quantitative estimate of drug-likeness (QED) is 0.0343. The molecule has 726 valence electrons. The summed E-state index contributed by atoms with van der Waals surface area (Å²) >= 11 is 0. The minimum absolute atomic E-state index is 0.0640. The summed E-state index contributed by atoms with van der Waals surface area (Å²) in [6, 6.07) is 20.7. The summed E-state index contributed by atoms with van der Waals surface area (Å²) in [6.45, 7) is 4.73. The van der Waals surface area contributed by atoms with Crippen molar-refractivity contribution in [1.29, 1.82) is 0 Å². The van der Waals surface area contributed by atoms with Gasteiger partial charge in [-0.05, 0) is 90.6 Å². The van der Waals surface area contributed by atoms with Gasteiger partial charge in [0.25, 0.3) is 0 Å². The number of aryl methyl sites for hydroxylation is 3. The summed E-state index contributed by atoms with van der Waals surface area (Å²) in [5, 5.41) is 17.8. The van der Waals surface area contributed by atoms with E-state index in [1.165, 1.54) is 107 Å². The molecule has 30 atom stereocenters. The molecule has 22 aliphatic heterocycles. The summed E-state index contributed by atoms with van der Waals surface area (Å²) in [5.74, 6) is 0. The Labute approximate surface area is 767 Å². The number of hydrogen-bond donors (Lipinski definition) is 6. The van der Waals surface area contributed by atoms with Crippen molar-refractivity contribution in [1.82, 2.24) is 61.8 Å². The van der Waals surface area contributed by atoms with E-state index in [0.29, 0.717) is 50.9 Å². The van der Waals surface area contributed by atoms with Crippen molar-refractivity contribution in [3.63, 3.8) is 0 Å². The second kappa shape index (κ2) is 48.9. The Kier molecular flexibility index (Phi) is 37.4. The molecule has 28 heterocycles. The zero-order chi connectivity index (χ0) is 93.6. The highest BCUT2D eigenvalue weighted by Crippen LogP contribution is 2.43. The van der Waals surface area contributed by atoms with Crippen molar-refractivity contribution in [2.45, 2.75) is 225 Å². The average molecular weight is 1860 g/mol. The maximum absolute atomic E-state index is 14.3. The number of ether oxygens (including phenoxy) is 27. The van der Waals surface area contributed by atoms with Gasteiger partial charge in [-0.3, -0.25) is 29.9 Å². The number of carbonyl (C=O) groups excluding carboxylic acids is 3. The molecular formula is C90H126N12O30. The van der Waals surface area contributed by atoms with E-state index >= 15 is 0 Å². The highest BCUT2D eigenvalue weighted by atomic mass is 16.8. The van der Waals surface area contributed by atoms with Crippen LogP contribution < -0.4 is 31.9 Å². The van der Waals surface area contributed by atoms with Gasteiger partial charge in [0.15, 0.2) is 37.7 Å². The number of methoxy groups -OCH3 is 15. The standard InChI is InChI=1S/C90H126N12O30/c1-46-19-25-52(91-31-46)55-28-22-49(34-94-55)37-97-88(103)100-40-58-64-70(109-7)76(115-13)82(121-58)130-67-61(43-106-4)125-86(80(119-17)73(67)112-10)128-65-59(41-101-89(104)98-38-50-23-29-56(95-35-50)53-26-20-47(2)32-92-53)123-84(78(117-15)71(65)110-8)132-69-63(45-108-6)126-87(81(120-18)75(69)114-12)129-66-60(42-102-90(105)99-39-51-24-30-57(96-36-51)54-27-21-48(3)33-93-54)122-83(77(116-14)72(66)111-9)131-68-62(44-107-5)124-85(127-64)79(118-16)74(68)113-11/h19-36,58-87H,37-45H2,1-18H3,(H2,97,100,103)(H2,98,101,104)(H2,99,102,105). The van der Waals surface area contributed by atoms with E-state index < -0.39 is 202 Å². The average Bonchev–Trinajstić information content (AvgIpc) is 0.756. The first kappa shape index (κ1) is 101. The fourth-order valence-corrected chi connectivity index (χ4v) is 17.5. The Morgan fingerprint density at radius 2 is 0.432 bits per heavy atom. The van der Waals surface area contributed by atoms with Crippen LogP contribution in [0.5, 0.6) is 0 Å². The molecule has 0 spiro atoms. The van der Waals surface area contributed by atoms with E-state index in [4.69, 9.17) is 128 Å². The molecule has 6 aromatic rings. The van der Waals surface area contributed by atoms with Crippen LogP contribution in [0.2, 0.25) is 0 Å². The summed E-state index contributed by atoms with van der Waals surface area (Å²) < 4.78 is 181. The molecule has 28 rings (SSSR count). The summed E-state index contributed by atoms with van der Waals surface area (Å²) in [5.41, 5.74) is 9.07. The Bertz CT molecular complexity index is 4060. The van der Waals surface area contributed by atoms with Crippen LogP contribution in [0.25, 0.3) is 34.2 Å². The minimum atomic E-state index is -1.43. The Hall–Kier alpha value is -8.37. The maximum Gasteiger partial charge on any atom is 0.315 e. The van der Waals surface area contributed by atoms with E-state index in [1.807, 2.05) is 93.6 Å². The third-order valence-corrected chi connectivity index (χ3v) is 24.3. The summed E-state index contributed by atoms with van der Waals surface area (Å²) in [7, 11) is 21.9. The van der Waals surface area contributed by atoms with Crippen molar-refractivity contribution < 1.29 is 142 Å². The van der Waals surface area contributed by atoms with Crippen LogP contribution in [-0.4, -0.2) is 378 Å². The minimum Gasteiger partial charge on any atom is -0.382 e. The first-order valence-corrected chi connectivity index (χ1v) is 43.6. The molecule has 22 fully saturated rings. The van der Waals surface area contributed by atoms with Gasteiger partial charge < -0.3 is 160 Å². The SMILES string of the molecule is COCC1OC2OC3C(CNC(=O)NCc4ccc(-c5ccc(C)cn5)nc4)OC(OC4C(COC)OC(OC5C(CNC(=O)NCc6ccc(-c7ccc(C)cn7)nc6)OC(OC6C(COC)OC(OC7C(CNC(=O)NCc8ccc(-c9ccc(C)cn9)nc8)OC(OC1C(OC)C2OC)C(OC)C7OC)C(OC)C6OC)C(OC)C5OC)C(OC)C4OC)C(OC)C3OC. The number of hydrogen-bond acceptors (Lipinski definition) is 36. The second-order valence-electron chi connectivity index (χ2n) is 32.6. The summed E-state index contributed by atoms with van der Waals surface area (Å²) in [6.07, 6.45) is -26.5. The number of amides is 6. The second-order valence-corrected chi connectivity index (χ2v) is 32.6. The third-order valence-electron chi connectivity index (χ3n) is 24.3. The van der Waals surface area contributed by atoms with Gasteiger partial charge >= 0.3 is 18.1 Å². The fourth-order valence-electron chi connectivity index (χ4n) is 17.5. The molecule has 0 saturated carbocycles. The lowest BCUT2D eigenvalue weighted by Crippen LogP contribution is -2.70. The zero-order valence-electron chi connectivity index (χ0n) is 77.5. The van der Waals surface area contributed by atoms with Crippen LogP contribution in [0, 0.1) is 20.8 Å². The molecular weight excluding hydrogens is 1730 g/mol. The molecule has 42 nitrogen and oxygen atoms in total. The summed E-state index contributed by atoms with van der Waals surface area (Å²) in [4.78, 5) is 70.5. The van der Waals surface area contributed by atoms with Crippen LogP contribution in [0.4, 0.5) is 14.4 Å². The lowest BCUT2D eigenvalue weighted by molar-refractivity contribution is -0.407. The molecule has 132 heavy (non-hydrogen) atoms. The van der Waals surface area contributed by atoms with Crippen LogP contribution in [0.15, 0.2) is 110 Å². The van der Waals surface area contributed by atoms with Crippen LogP contribution >= 0.6 is 0 Å². The van der Waals surface area contributed by atoms with Crippen molar-refractivity contribution >= 4 is 18.1 Å². The molecule has 30 unspecified atom stereocenters. The van der Waals surface area contributed by atoms with Gasteiger partial charge in [0.1, 0.15) is 146 Å². The Balaban J connectivity index is 0.865. The number of rotatable bonds is 33. The Morgan fingerprint density at radius 3 is 0.606 bits per heavy atom. The normalized spacial score (nSPS) is 33.2. The zero-order valence-corrected chi connectivity index (χ0v) is 77.5. The van der Waals surface area contributed by atoms with Gasteiger partial charge in [-0.25, -0.2) is 14.4 Å². The van der Waals surface area contributed by atoms with E-state index in [-0.39, 0.29) is 59.1 Å². The van der Waals surface area contributed by atoms with Crippen molar-refractivity contribution in [3.05, 3.63) is 143 Å². The topological polar surface area (TPSA) is 450 Å². The van der Waals surface area contributed by atoms with E-state index in [1.54, 1.807) is 37.2 Å². The highest BCUT2D eigenvalue weighted by molar-refractivity contribution is 5.75. The molecule has 0 radical (unpaired) electrons. The number of aromatic nitrogens is 6. The number of nitrogens with zero attached hydrogens (tertiary/aromatic N) is 6. The smallest absolute Gasteiger partial charge is 0.315 e. The van der Waals surface area contributed by atoms with Gasteiger partial charge in [0, 0.05) is 183 Å². The van der Waals surface area contributed by atoms with Gasteiger partial charge in [-0.15, -0.1) is 0 Å². The lowest BCUT2D eigenvalue weighted by atomic mass is 9.94. The predicted molar refractivity (Wildman–Crippen MR) is 464 cm³/mol. The predicted octanol–water partition coefficient (Wildman–Crippen LogP) is 3.57. The van der Waals surface area contributed by atoms with Gasteiger partial charge in [0.2, 0.25) is 0 Å². The van der Waals surface area contributed by atoms with E-state index in [9.17, 15) is 14.4 Å². The van der Waals surface area contributed by atoms with Gasteiger partial charge in [0.05, 0.1) is 54.0 Å². The molecule has 22 aliphatic rings. The molecule has 12 bridgehead atoms. The first-order chi connectivity index (χ1) is 64.2. The molecule has 0 aromatic carbocycles. The van der Waals surface area contributed by atoms with Crippen LogP contribution in [0.1, 0.15) is 33.4 Å². The third kappa shape index (κ3) is 24.2. The van der Waals surface area contributed by atoms with E-state index in [0.717, 1.165) is 16.7 Å². The number of carbonyl (C=O) groups is 3. The lowest BCUT2D eigenvalue weighted by Gasteiger charge is -2.53. The van der Waals surface area contributed by atoms with Crippen LogP contribution in [0.3, 0.4) is 0 Å². The first-order valence-electron chi connectivity index (χ1n) is 43.6. The number of pyridine rings is 6. The van der Waals surface area contributed by atoms with E-state index in [2.05, 4.69) is 61.8 Å². The Morgan fingerprint density at radius 1 is 0.242 bits per heavy atom. The largest absolute Gasteiger partial charge is 0.382 e. The fraction of sp³-hybridized carbons (Fsp3) is 0.633. The number of urea groups is 3. The molecule has 0 aliphatic carbocycles. The molecule has 6 N–H and O–H groups in total. The van der Waals surface area contributed by atoms with Crippen LogP contribution in [-0.2, 0) is 148 Å². The molecule has 6 amide bonds. The maximum atomic E-state index is 14.3. The van der Waals surface area contributed by atoms with Crippen molar-refractivity contribution in [2.75, 3.05) is 146 Å². The van der Waals surface area contributed by atoms with Crippen molar-refractivity contribution in [3.8, 4) is 34.2 Å². The van der Waals surface area contributed by atoms with Crippen molar-refractivity contribution in [2.24, 2.45) is 0 Å². The molecule has 42 heteroatoms. The monoisotopic (exact) mass is 1850 g/mol. The number of nitrogens with one attached hydrogen (secondary N) is 6. The van der Waals surface area contributed by atoms with Gasteiger partial charge in [-0.1, -0.05) is 36.4 Å². The molecule has 6 aromatic heterocycles. The molecule has 22 saturated heterocycles. The van der Waals surface area contributed by atoms with Gasteiger partial charge in [-0.2, -0.15) is 0 Å². The highest BCUT2D eigenvalue weighted by Gasteiger charge is 2.62.